The molecule has 1 aromatic heterocycles. The van der Waals surface area contributed by atoms with Crippen LogP contribution in [0.15, 0.2) is 18.3 Å². The predicted octanol–water partition coefficient (Wildman–Crippen LogP) is 2.55. The highest BCUT2D eigenvalue weighted by Crippen LogP contribution is 2.37. The maximum absolute atomic E-state index is 5.37. The lowest BCUT2D eigenvalue weighted by molar-refractivity contribution is 0.345. The third-order valence-corrected chi connectivity index (χ3v) is 4.16. The van der Waals surface area contributed by atoms with E-state index >= 15 is 0 Å². The van der Waals surface area contributed by atoms with Crippen LogP contribution in [-0.4, -0.2) is 24.7 Å². The molecule has 3 nitrogen and oxygen atoms in total. The van der Waals surface area contributed by atoms with Crippen LogP contribution in [-0.2, 0) is 0 Å². The lowest BCUT2D eigenvalue weighted by Gasteiger charge is -2.29. The van der Waals surface area contributed by atoms with E-state index in [1.807, 2.05) is 13.1 Å². The van der Waals surface area contributed by atoms with E-state index < -0.39 is 0 Å². The fraction of sp³-hybridized carbons (Fsp3) is 0.533. The van der Waals surface area contributed by atoms with Gasteiger partial charge in [-0.1, -0.05) is 6.08 Å². The SMILES string of the molecule is COc1cc(C2=CCC3CCCNC23)cnc1C. The van der Waals surface area contributed by atoms with Gasteiger partial charge in [0.1, 0.15) is 5.75 Å². The zero-order chi connectivity index (χ0) is 12.5. The molecule has 0 bridgehead atoms. The van der Waals surface area contributed by atoms with E-state index in [1.165, 1.54) is 30.4 Å². The summed E-state index contributed by atoms with van der Waals surface area (Å²) < 4.78 is 5.37. The molecule has 2 atom stereocenters. The van der Waals surface area contributed by atoms with E-state index in [9.17, 15) is 0 Å². The number of nitrogens with zero attached hydrogens (tertiary/aromatic N) is 1. The first-order valence-corrected chi connectivity index (χ1v) is 6.74. The standard InChI is InChI=1S/C15H20N2O/c1-10-14(18-2)8-12(9-17-10)13-6-5-11-4-3-7-16-15(11)13/h6,8-9,11,15-16H,3-5,7H2,1-2H3. The van der Waals surface area contributed by atoms with Gasteiger partial charge >= 0.3 is 0 Å². The second-order valence-electron chi connectivity index (χ2n) is 5.24. The molecule has 2 heterocycles. The second kappa shape index (κ2) is 4.73. The summed E-state index contributed by atoms with van der Waals surface area (Å²) in [5, 5.41) is 3.64. The molecule has 1 fully saturated rings. The quantitative estimate of drug-likeness (QED) is 0.868. The number of methoxy groups -OCH3 is 1. The molecule has 0 saturated carbocycles. The Morgan fingerprint density at radius 1 is 1.44 bits per heavy atom. The maximum Gasteiger partial charge on any atom is 0.140 e. The zero-order valence-electron chi connectivity index (χ0n) is 11.1. The molecule has 0 radical (unpaired) electrons. The number of aromatic nitrogens is 1. The number of ether oxygens (including phenoxy) is 1. The van der Waals surface area contributed by atoms with Crippen molar-refractivity contribution in [3.63, 3.8) is 0 Å². The fourth-order valence-corrected chi connectivity index (χ4v) is 3.15. The van der Waals surface area contributed by atoms with Crippen molar-refractivity contribution in [2.45, 2.75) is 32.2 Å². The molecule has 0 aromatic carbocycles. The van der Waals surface area contributed by atoms with Crippen molar-refractivity contribution in [3.8, 4) is 5.75 Å². The van der Waals surface area contributed by atoms with Gasteiger partial charge in [0.15, 0.2) is 0 Å². The minimum Gasteiger partial charge on any atom is -0.495 e. The Morgan fingerprint density at radius 2 is 2.33 bits per heavy atom. The third-order valence-electron chi connectivity index (χ3n) is 4.16. The summed E-state index contributed by atoms with van der Waals surface area (Å²) in [5.74, 6) is 1.66. The highest BCUT2D eigenvalue weighted by Gasteiger charge is 2.32. The van der Waals surface area contributed by atoms with E-state index in [-0.39, 0.29) is 0 Å². The van der Waals surface area contributed by atoms with Crippen molar-refractivity contribution >= 4 is 5.57 Å². The Bertz CT molecular complexity index is 481. The fourth-order valence-electron chi connectivity index (χ4n) is 3.15. The minimum absolute atomic E-state index is 0.521. The topological polar surface area (TPSA) is 34.1 Å². The van der Waals surface area contributed by atoms with E-state index in [0.29, 0.717) is 6.04 Å². The summed E-state index contributed by atoms with van der Waals surface area (Å²) in [6.07, 6.45) is 8.19. The van der Waals surface area contributed by atoms with Crippen LogP contribution < -0.4 is 10.1 Å². The summed E-state index contributed by atoms with van der Waals surface area (Å²) in [6, 6.07) is 2.64. The molecule has 2 unspecified atom stereocenters. The average molecular weight is 244 g/mol. The molecule has 3 heteroatoms. The first-order valence-electron chi connectivity index (χ1n) is 6.74. The Kier molecular flexibility index (Phi) is 3.08. The predicted molar refractivity (Wildman–Crippen MR) is 72.6 cm³/mol. The van der Waals surface area contributed by atoms with Gasteiger partial charge in [-0.2, -0.15) is 0 Å². The summed E-state index contributed by atoms with van der Waals surface area (Å²) >= 11 is 0. The smallest absolute Gasteiger partial charge is 0.140 e. The highest BCUT2D eigenvalue weighted by atomic mass is 16.5. The molecule has 1 aromatic rings. The highest BCUT2D eigenvalue weighted by molar-refractivity contribution is 5.72. The Hall–Kier alpha value is -1.35. The second-order valence-corrected chi connectivity index (χ2v) is 5.24. The number of aryl methyl sites for hydroxylation is 1. The van der Waals surface area contributed by atoms with E-state index in [1.54, 1.807) is 7.11 Å². The van der Waals surface area contributed by atoms with Gasteiger partial charge in [-0.05, 0) is 50.3 Å². The van der Waals surface area contributed by atoms with Crippen LogP contribution in [0.2, 0.25) is 0 Å². The van der Waals surface area contributed by atoms with Crippen molar-refractivity contribution in [2.24, 2.45) is 5.92 Å². The number of allylic oxidation sites excluding steroid dienone is 1. The molecule has 0 amide bonds. The Labute approximate surface area is 108 Å². The van der Waals surface area contributed by atoms with Crippen LogP contribution in [0.3, 0.4) is 0 Å². The molecule has 0 spiro atoms. The minimum atomic E-state index is 0.521. The maximum atomic E-state index is 5.37. The lowest BCUT2D eigenvalue weighted by atomic mass is 9.89. The van der Waals surface area contributed by atoms with Crippen LogP contribution in [0.5, 0.6) is 5.75 Å². The van der Waals surface area contributed by atoms with Crippen LogP contribution in [0, 0.1) is 12.8 Å². The van der Waals surface area contributed by atoms with Gasteiger partial charge in [-0.3, -0.25) is 4.98 Å². The summed E-state index contributed by atoms with van der Waals surface area (Å²) in [5.41, 5.74) is 3.57. The molecule has 96 valence electrons. The molecule has 1 aliphatic carbocycles. The van der Waals surface area contributed by atoms with E-state index in [2.05, 4.69) is 22.4 Å². The molecule has 2 aliphatic rings. The Morgan fingerprint density at radius 3 is 3.17 bits per heavy atom. The van der Waals surface area contributed by atoms with Crippen molar-refractivity contribution in [2.75, 3.05) is 13.7 Å². The first-order chi connectivity index (χ1) is 8.79. The number of piperidine rings is 1. The number of pyridine rings is 1. The number of nitrogens with one attached hydrogen (secondary N) is 1. The van der Waals surface area contributed by atoms with Gasteiger partial charge < -0.3 is 10.1 Å². The van der Waals surface area contributed by atoms with Crippen LogP contribution in [0.25, 0.3) is 5.57 Å². The zero-order valence-corrected chi connectivity index (χ0v) is 11.1. The van der Waals surface area contributed by atoms with Gasteiger partial charge in [0.2, 0.25) is 0 Å². The van der Waals surface area contributed by atoms with Gasteiger partial charge in [0, 0.05) is 17.8 Å². The monoisotopic (exact) mass is 244 g/mol. The molecular formula is C15H20N2O. The normalized spacial score (nSPS) is 26.7. The number of fused-ring (bicyclic) bond motifs is 1. The van der Waals surface area contributed by atoms with Crippen molar-refractivity contribution in [1.29, 1.82) is 0 Å². The summed E-state index contributed by atoms with van der Waals surface area (Å²) in [4.78, 5) is 4.44. The van der Waals surface area contributed by atoms with Crippen molar-refractivity contribution in [3.05, 3.63) is 29.6 Å². The van der Waals surface area contributed by atoms with Crippen LogP contribution >= 0.6 is 0 Å². The van der Waals surface area contributed by atoms with Gasteiger partial charge in [-0.25, -0.2) is 0 Å². The third kappa shape index (κ3) is 1.93. The van der Waals surface area contributed by atoms with Crippen molar-refractivity contribution < 1.29 is 4.74 Å². The van der Waals surface area contributed by atoms with Gasteiger partial charge in [0.05, 0.1) is 12.8 Å². The Balaban J connectivity index is 1.91. The lowest BCUT2D eigenvalue weighted by Crippen LogP contribution is -2.39. The summed E-state index contributed by atoms with van der Waals surface area (Å²) in [7, 11) is 1.71. The number of hydrogen-bond donors (Lipinski definition) is 1. The number of hydrogen-bond acceptors (Lipinski definition) is 3. The molecule has 18 heavy (non-hydrogen) atoms. The average Bonchev–Trinajstić information content (AvgIpc) is 2.83. The first kappa shape index (κ1) is 11.7. The molecule has 1 aliphatic heterocycles. The van der Waals surface area contributed by atoms with Crippen LogP contribution in [0.1, 0.15) is 30.5 Å². The summed E-state index contributed by atoms with van der Waals surface area (Å²) in [6.45, 7) is 3.11. The molecule has 1 saturated heterocycles. The van der Waals surface area contributed by atoms with E-state index in [0.717, 1.165) is 23.9 Å². The van der Waals surface area contributed by atoms with Gasteiger partial charge in [0.25, 0.3) is 0 Å². The van der Waals surface area contributed by atoms with E-state index in [4.69, 9.17) is 4.74 Å². The largest absolute Gasteiger partial charge is 0.495 e. The molecule has 3 rings (SSSR count). The van der Waals surface area contributed by atoms with Crippen LogP contribution in [0.4, 0.5) is 0 Å². The van der Waals surface area contributed by atoms with Gasteiger partial charge in [-0.15, -0.1) is 0 Å². The molecular weight excluding hydrogens is 224 g/mol. The number of rotatable bonds is 2. The van der Waals surface area contributed by atoms with Crippen molar-refractivity contribution in [1.82, 2.24) is 10.3 Å². The molecule has 1 N–H and O–H groups in total.